The van der Waals surface area contributed by atoms with E-state index < -0.39 is 12.1 Å². The Morgan fingerprint density at radius 1 is 1.09 bits per heavy atom. The molecule has 0 amide bonds. The molecule has 1 saturated heterocycles. The van der Waals surface area contributed by atoms with E-state index in [0.717, 1.165) is 30.0 Å². The molecule has 174 valence electrons. The predicted molar refractivity (Wildman–Crippen MR) is 124 cm³/mol. The van der Waals surface area contributed by atoms with Crippen molar-refractivity contribution in [3.05, 3.63) is 78.0 Å². The van der Waals surface area contributed by atoms with Gasteiger partial charge < -0.3 is 9.64 Å². The molecule has 5 nitrogen and oxygen atoms in total. The average Bonchev–Trinajstić information content (AvgIpc) is 2.76. The van der Waals surface area contributed by atoms with E-state index in [0.29, 0.717) is 29.8 Å². The normalized spacial score (nSPS) is 17.2. The highest BCUT2D eigenvalue weighted by Crippen LogP contribution is 2.31. The van der Waals surface area contributed by atoms with Crippen LogP contribution in [0.15, 0.2) is 77.1 Å². The average molecular weight is 457 g/mol. The number of rotatable bonds is 7. The van der Waals surface area contributed by atoms with Gasteiger partial charge in [-0.05, 0) is 31.5 Å². The zero-order valence-electron chi connectivity index (χ0n) is 18.7. The number of benzene rings is 2. The van der Waals surface area contributed by atoms with Crippen LogP contribution in [0.25, 0.3) is 0 Å². The van der Waals surface area contributed by atoms with Gasteiger partial charge in [-0.1, -0.05) is 49.0 Å². The lowest BCUT2D eigenvalue weighted by Crippen LogP contribution is -2.52. The number of nitrogens with zero attached hydrogens (tertiary/aromatic N) is 4. The van der Waals surface area contributed by atoms with E-state index in [1.54, 1.807) is 0 Å². The van der Waals surface area contributed by atoms with Gasteiger partial charge in [0.1, 0.15) is 12.3 Å². The van der Waals surface area contributed by atoms with Gasteiger partial charge in [0.25, 0.3) is 0 Å². The van der Waals surface area contributed by atoms with Gasteiger partial charge in [0.15, 0.2) is 0 Å². The van der Waals surface area contributed by atoms with Crippen LogP contribution in [0, 0.1) is 5.92 Å². The van der Waals surface area contributed by atoms with Gasteiger partial charge in [-0.15, -0.1) is 10.2 Å². The fourth-order valence-electron chi connectivity index (χ4n) is 3.90. The summed E-state index contributed by atoms with van der Waals surface area (Å²) in [5.41, 5.74) is 4.26. The van der Waals surface area contributed by atoms with E-state index in [1.807, 2.05) is 42.5 Å². The Hall–Kier alpha value is -3.13. The fourth-order valence-corrected chi connectivity index (χ4v) is 3.90. The maximum absolute atomic E-state index is 12.7. The number of likely N-dealkylation sites (tertiary alicyclic amines) is 1. The minimum Gasteiger partial charge on any atom is -0.467 e. The van der Waals surface area contributed by atoms with Crippen LogP contribution in [-0.4, -0.2) is 48.4 Å². The summed E-state index contributed by atoms with van der Waals surface area (Å²) in [5, 5.41) is 6.89. The number of alkyl halides is 3. The summed E-state index contributed by atoms with van der Waals surface area (Å²) in [7, 11) is 0. The molecule has 4 rings (SSSR count). The third-order valence-electron chi connectivity index (χ3n) is 6.00. The number of anilines is 1. The molecular formula is C25H27F3N4O. The number of halogens is 3. The standard InChI is InChI=1S/C25H27F3N4O/c1-17(2)31-14-21(15-31)18(3)32(22-7-5-4-6-8-22)13-19-9-11-20(12-10-19)23-16-33-24(30-29-23)25(26,27)28/h4-12,17,21H,3,13-16H2,1-2H3. The van der Waals surface area contributed by atoms with E-state index in [4.69, 9.17) is 4.74 Å². The summed E-state index contributed by atoms with van der Waals surface area (Å²) in [6, 6.07) is 18.2. The molecule has 0 aliphatic carbocycles. The summed E-state index contributed by atoms with van der Waals surface area (Å²) in [4.78, 5) is 4.66. The summed E-state index contributed by atoms with van der Waals surface area (Å²) in [6.45, 7) is 11.2. The van der Waals surface area contributed by atoms with Crippen molar-refractivity contribution in [3.63, 3.8) is 0 Å². The minimum atomic E-state index is -4.63. The lowest BCUT2D eigenvalue weighted by Gasteiger charge is -2.45. The highest BCUT2D eigenvalue weighted by molar-refractivity contribution is 6.04. The lowest BCUT2D eigenvalue weighted by molar-refractivity contribution is -0.0774. The molecule has 0 spiro atoms. The molecule has 8 heteroatoms. The highest BCUT2D eigenvalue weighted by Gasteiger charge is 2.40. The van der Waals surface area contributed by atoms with E-state index in [2.05, 4.69) is 52.6 Å². The molecule has 0 aromatic heterocycles. The second-order valence-corrected chi connectivity index (χ2v) is 8.59. The Labute approximate surface area is 191 Å². The summed E-state index contributed by atoms with van der Waals surface area (Å²) >= 11 is 0. The molecule has 2 aromatic rings. The molecule has 2 aliphatic rings. The number of hydrogen-bond donors (Lipinski definition) is 0. The largest absolute Gasteiger partial charge is 0.470 e. The first kappa shape index (κ1) is 23.0. The maximum Gasteiger partial charge on any atom is 0.470 e. The molecule has 2 heterocycles. The quantitative estimate of drug-likeness (QED) is 0.572. The first-order chi connectivity index (χ1) is 15.7. The SMILES string of the molecule is C=C(C1CN(C(C)C)C1)N(Cc1ccc(C2=NN=C(C(F)(F)F)OC2)cc1)c1ccccc1. The molecule has 2 aromatic carbocycles. The van der Waals surface area contributed by atoms with Crippen LogP contribution in [0.3, 0.4) is 0 Å². The monoisotopic (exact) mass is 456 g/mol. The van der Waals surface area contributed by atoms with E-state index in [1.165, 1.54) is 0 Å². The Balaban J connectivity index is 1.49. The third kappa shape index (κ3) is 5.27. The van der Waals surface area contributed by atoms with Crippen LogP contribution in [0.5, 0.6) is 0 Å². The Bertz CT molecular complexity index is 1040. The predicted octanol–water partition coefficient (Wildman–Crippen LogP) is 5.24. The maximum atomic E-state index is 12.7. The van der Waals surface area contributed by atoms with Gasteiger partial charge in [0.05, 0.1) is 0 Å². The van der Waals surface area contributed by atoms with Gasteiger partial charge >= 0.3 is 12.1 Å². The molecule has 2 aliphatic heterocycles. The fraction of sp³-hybridized carbons (Fsp3) is 0.360. The van der Waals surface area contributed by atoms with Crippen LogP contribution < -0.4 is 4.90 Å². The van der Waals surface area contributed by atoms with Crippen LogP contribution >= 0.6 is 0 Å². The lowest BCUT2D eigenvalue weighted by atomic mass is 9.93. The molecule has 0 bridgehead atoms. The zero-order valence-corrected chi connectivity index (χ0v) is 18.7. The molecule has 0 N–H and O–H groups in total. The van der Waals surface area contributed by atoms with E-state index in [-0.39, 0.29) is 6.61 Å². The first-order valence-corrected chi connectivity index (χ1v) is 10.9. The van der Waals surface area contributed by atoms with Crippen molar-refractivity contribution in [1.29, 1.82) is 0 Å². The summed E-state index contributed by atoms with van der Waals surface area (Å²) in [6.07, 6.45) is -4.63. The summed E-state index contributed by atoms with van der Waals surface area (Å²) in [5.74, 6) is -0.909. The van der Waals surface area contributed by atoms with Crippen LogP contribution in [-0.2, 0) is 11.3 Å². The second kappa shape index (κ2) is 9.39. The summed E-state index contributed by atoms with van der Waals surface area (Å²) < 4.78 is 42.7. The van der Waals surface area contributed by atoms with Crippen LogP contribution in [0.4, 0.5) is 18.9 Å². The van der Waals surface area contributed by atoms with Gasteiger partial charge in [0.2, 0.25) is 0 Å². The van der Waals surface area contributed by atoms with Gasteiger partial charge in [-0.25, -0.2) is 0 Å². The van der Waals surface area contributed by atoms with Crippen molar-refractivity contribution in [1.82, 2.24) is 4.90 Å². The van der Waals surface area contributed by atoms with Crippen molar-refractivity contribution in [2.45, 2.75) is 32.6 Å². The van der Waals surface area contributed by atoms with Gasteiger partial charge in [-0.3, -0.25) is 4.90 Å². The smallest absolute Gasteiger partial charge is 0.467 e. The molecule has 1 fully saturated rings. The molecule has 33 heavy (non-hydrogen) atoms. The third-order valence-corrected chi connectivity index (χ3v) is 6.00. The number of ether oxygens (including phenoxy) is 1. The van der Waals surface area contributed by atoms with Crippen molar-refractivity contribution >= 4 is 17.3 Å². The van der Waals surface area contributed by atoms with Crippen molar-refractivity contribution in [3.8, 4) is 0 Å². The number of para-hydroxylation sites is 1. The second-order valence-electron chi connectivity index (χ2n) is 8.59. The van der Waals surface area contributed by atoms with Crippen molar-refractivity contribution in [2.75, 3.05) is 24.6 Å². The van der Waals surface area contributed by atoms with Gasteiger partial charge in [0, 0.05) is 48.5 Å². The van der Waals surface area contributed by atoms with Gasteiger partial charge in [-0.2, -0.15) is 13.2 Å². The Morgan fingerprint density at radius 2 is 1.76 bits per heavy atom. The Morgan fingerprint density at radius 3 is 2.30 bits per heavy atom. The zero-order chi connectivity index (χ0) is 23.6. The highest BCUT2D eigenvalue weighted by atomic mass is 19.4. The minimum absolute atomic E-state index is 0.265. The van der Waals surface area contributed by atoms with E-state index >= 15 is 0 Å². The molecule has 0 atom stereocenters. The van der Waals surface area contributed by atoms with Crippen molar-refractivity contribution < 1.29 is 17.9 Å². The van der Waals surface area contributed by atoms with Crippen LogP contribution in [0.1, 0.15) is 25.0 Å². The molecule has 0 saturated carbocycles. The first-order valence-electron chi connectivity index (χ1n) is 10.9. The molecule has 0 radical (unpaired) electrons. The van der Waals surface area contributed by atoms with Crippen LogP contribution in [0.2, 0.25) is 0 Å². The topological polar surface area (TPSA) is 40.4 Å². The van der Waals surface area contributed by atoms with Crippen molar-refractivity contribution in [2.24, 2.45) is 16.1 Å². The molecule has 0 unspecified atom stereocenters. The molecular weight excluding hydrogens is 429 g/mol. The number of hydrogen-bond acceptors (Lipinski definition) is 5. The van der Waals surface area contributed by atoms with E-state index in [9.17, 15) is 13.2 Å². The Kier molecular flexibility index (Phi) is 6.56.